The number of hydrogen-bond donors (Lipinski definition) is 0. The maximum Gasteiger partial charge on any atom is 0.337 e. The molecule has 2 heterocycles. The van der Waals surface area contributed by atoms with Crippen LogP contribution in [0, 0.1) is 0 Å². The first kappa shape index (κ1) is 17.8. The maximum absolute atomic E-state index is 12.6. The standard InChI is InChI=1S/C18H28O5Si/c1-7-8-10-9-11-12(17(20)21-10)14(16-15(22-16)13(11)19)23-24(5,6)18(2,3)4/h10,14-16H,7-9H2,1-6H3/t10-,14+,15+,16-/m1/s1. The Hall–Kier alpha value is -0.983. The van der Waals surface area contributed by atoms with Crippen LogP contribution >= 0.6 is 0 Å². The molecule has 0 amide bonds. The van der Waals surface area contributed by atoms with Gasteiger partial charge in [-0.2, -0.15) is 0 Å². The lowest BCUT2D eigenvalue weighted by atomic mass is 9.83. The quantitative estimate of drug-likeness (QED) is 0.442. The fraction of sp³-hybridized carbons (Fsp3) is 0.778. The minimum absolute atomic E-state index is 0.0167. The molecule has 1 fully saturated rings. The van der Waals surface area contributed by atoms with Crippen LogP contribution in [0.4, 0.5) is 0 Å². The number of fused-ring (bicyclic) bond motifs is 1. The summed E-state index contributed by atoms with van der Waals surface area (Å²) in [6.07, 6.45) is 0.789. The number of rotatable bonds is 4. The van der Waals surface area contributed by atoms with Crippen LogP contribution < -0.4 is 0 Å². The third-order valence-corrected chi connectivity index (χ3v) is 10.2. The third-order valence-electron chi connectivity index (χ3n) is 5.75. The molecule has 3 rings (SSSR count). The molecule has 134 valence electrons. The van der Waals surface area contributed by atoms with Crippen molar-refractivity contribution in [1.82, 2.24) is 0 Å². The van der Waals surface area contributed by atoms with E-state index in [1.165, 1.54) is 0 Å². The van der Waals surface area contributed by atoms with Crippen molar-refractivity contribution in [3.8, 4) is 0 Å². The van der Waals surface area contributed by atoms with Gasteiger partial charge in [-0.1, -0.05) is 34.1 Å². The summed E-state index contributed by atoms with van der Waals surface area (Å²) >= 11 is 0. The van der Waals surface area contributed by atoms with Crippen molar-refractivity contribution in [2.75, 3.05) is 0 Å². The van der Waals surface area contributed by atoms with Crippen LogP contribution in [0.2, 0.25) is 18.1 Å². The van der Waals surface area contributed by atoms with Crippen LogP contribution in [0.25, 0.3) is 0 Å². The molecule has 0 aromatic heterocycles. The molecule has 0 radical (unpaired) electrons. The number of ketones is 1. The zero-order chi connectivity index (χ0) is 17.9. The Morgan fingerprint density at radius 1 is 1.25 bits per heavy atom. The van der Waals surface area contributed by atoms with Gasteiger partial charge in [0.25, 0.3) is 0 Å². The van der Waals surface area contributed by atoms with Crippen molar-refractivity contribution < 1.29 is 23.5 Å². The first-order valence-electron chi connectivity index (χ1n) is 8.88. The predicted octanol–water partition coefficient (Wildman–Crippen LogP) is 3.14. The lowest BCUT2D eigenvalue weighted by molar-refractivity contribution is -0.148. The average molecular weight is 353 g/mol. The Morgan fingerprint density at radius 2 is 1.92 bits per heavy atom. The molecule has 1 aliphatic carbocycles. The number of esters is 1. The van der Waals surface area contributed by atoms with Crippen molar-refractivity contribution in [3.05, 3.63) is 11.1 Å². The van der Waals surface area contributed by atoms with Crippen molar-refractivity contribution in [2.24, 2.45) is 0 Å². The molecule has 6 heteroatoms. The number of carbonyl (C=O) groups excluding carboxylic acids is 2. The van der Waals surface area contributed by atoms with Crippen LogP contribution in [0.1, 0.15) is 47.0 Å². The summed E-state index contributed by atoms with van der Waals surface area (Å²) in [7, 11) is -2.10. The number of cyclic esters (lactones) is 1. The summed E-state index contributed by atoms with van der Waals surface area (Å²) in [6, 6.07) is 0. The molecule has 0 saturated carbocycles. The second-order valence-corrected chi connectivity index (χ2v) is 13.4. The van der Waals surface area contributed by atoms with Crippen LogP contribution in [-0.4, -0.2) is 44.5 Å². The molecular weight excluding hydrogens is 324 g/mol. The van der Waals surface area contributed by atoms with E-state index in [0.717, 1.165) is 12.8 Å². The summed E-state index contributed by atoms with van der Waals surface area (Å²) in [4.78, 5) is 25.2. The SMILES string of the molecule is CCC[C@@H]1CC2=C(C(=O)O1)[C@H](O[Si](C)(C)C(C)(C)C)[C@H]1O[C@H]1C2=O. The van der Waals surface area contributed by atoms with Crippen LogP contribution in [-0.2, 0) is 23.5 Å². The van der Waals surface area contributed by atoms with Crippen molar-refractivity contribution in [3.63, 3.8) is 0 Å². The van der Waals surface area contributed by atoms with E-state index in [0.29, 0.717) is 17.6 Å². The number of ether oxygens (including phenoxy) is 2. The van der Waals surface area contributed by atoms with Gasteiger partial charge in [0, 0.05) is 12.0 Å². The topological polar surface area (TPSA) is 65.1 Å². The molecule has 0 N–H and O–H groups in total. The molecule has 0 bridgehead atoms. The van der Waals surface area contributed by atoms with Gasteiger partial charge in [-0.15, -0.1) is 0 Å². The number of Topliss-reactive ketones (excluding diaryl/α,β-unsaturated/α-hetero) is 1. The fourth-order valence-electron chi connectivity index (χ4n) is 3.24. The molecule has 0 unspecified atom stereocenters. The van der Waals surface area contributed by atoms with Crippen LogP contribution in [0.15, 0.2) is 11.1 Å². The average Bonchev–Trinajstić information content (AvgIpc) is 3.23. The maximum atomic E-state index is 12.6. The molecule has 24 heavy (non-hydrogen) atoms. The van der Waals surface area contributed by atoms with Gasteiger partial charge in [0.2, 0.25) is 0 Å². The summed E-state index contributed by atoms with van der Waals surface area (Å²) in [5.74, 6) is -0.427. The van der Waals surface area contributed by atoms with Gasteiger partial charge in [0.05, 0.1) is 5.57 Å². The van der Waals surface area contributed by atoms with Gasteiger partial charge in [0.15, 0.2) is 14.1 Å². The normalized spacial score (nSPS) is 33.1. The second-order valence-electron chi connectivity index (χ2n) is 8.60. The van der Waals surface area contributed by atoms with E-state index in [9.17, 15) is 9.59 Å². The molecule has 2 aliphatic heterocycles. The Morgan fingerprint density at radius 3 is 2.50 bits per heavy atom. The Balaban J connectivity index is 1.93. The molecule has 0 aromatic carbocycles. The zero-order valence-corrected chi connectivity index (χ0v) is 16.5. The van der Waals surface area contributed by atoms with Gasteiger partial charge in [-0.3, -0.25) is 4.79 Å². The summed E-state index contributed by atoms with van der Waals surface area (Å²) in [5.41, 5.74) is 1.02. The number of hydrogen-bond acceptors (Lipinski definition) is 5. The molecule has 4 atom stereocenters. The Bertz CT molecular complexity index is 601. The zero-order valence-electron chi connectivity index (χ0n) is 15.5. The monoisotopic (exact) mass is 352 g/mol. The molecule has 0 spiro atoms. The predicted molar refractivity (Wildman–Crippen MR) is 92.2 cm³/mol. The molecule has 0 aromatic rings. The van der Waals surface area contributed by atoms with E-state index in [1.807, 2.05) is 6.92 Å². The van der Waals surface area contributed by atoms with Gasteiger partial charge in [-0.05, 0) is 24.6 Å². The Labute approximate surface area is 144 Å². The summed E-state index contributed by atoms with van der Waals surface area (Å²) in [5, 5.41) is 0.0167. The van der Waals surface area contributed by atoms with E-state index in [1.54, 1.807) is 0 Å². The first-order valence-corrected chi connectivity index (χ1v) is 11.8. The first-order chi connectivity index (χ1) is 11.1. The smallest absolute Gasteiger partial charge is 0.337 e. The Kier molecular flexibility index (Phi) is 4.29. The van der Waals surface area contributed by atoms with E-state index < -0.39 is 20.5 Å². The molecule has 5 nitrogen and oxygen atoms in total. The summed E-state index contributed by atoms with van der Waals surface area (Å²) in [6.45, 7) is 12.8. The molecule has 1 saturated heterocycles. The van der Waals surface area contributed by atoms with Gasteiger partial charge < -0.3 is 13.9 Å². The highest BCUT2D eigenvalue weighted by atomic mass is 28.4. The fourth-order valence-corrected chi connectivity index (χ4v) is 4.48. The minimum Gasteiger partial charge on any atom is -0.459 e. The number of carbonyl (C=O) groups is 2. The van der Waals surface area contributed by atoms with Gasteiger partial charge in [0.1, 0.15) is 24.4 Å². The van der Waals surface area contributed by atoms with Crippen molar-refractivity contribution in [2.45, 2.75) is 89.5 Å². The number of epoxide rings is 1. The lowest BCUT2D eigenvalue weighted by Gasteiger charge is -2.41. The van der Waals surface area contributed by atoms with Crippen molar-refractivity contribution in [1.29, 1.82) is 0 Å². The van der Waals surface area contributed by atoms with E-state index in [-0.39, 0.29) is 29.0 Å². The van der Waals surface area contributed by atoms with E-state index >= 15 is 0 Å². The lowest BCUT2D eigenvalue weighted by Crippen LogP contribution is -2.50. The molecule has 3 aliphatic rings. The van der Waals surface area contributed by atoms with E-state index in [4.69, 9.17) is 13.9 Å². The third kappa shape index (κ3) is 2.89. The van der Waals surface area contributed by atoms with Crippen LogP contribution in [0.5, 0.6) is 0 Å². The highest BCUT2D eigenvalue weighted by molar-refractivity contribution is 6.74. The largest absolute Gasteiger partial charge is 0.459 e. The highest BCUT2D eigenvalue weighted by Crippen LogP contribution is 2.47. The van der Waals surface area contributed by atoms with Crippen molar-refractivity contribution >= 4 is 20.1 Å². The van der Waals surface area contributed by atoms with Gasteiger partial charge in [-0.25, -0.2) is 4.79 Å². The summed E-state index contributed by atoms with van der Waals surface area (Å²) < 4.78 is 17.7. The van der Waals surface area contributed by atoms with Crippen LogP contribution in [0.3, 0.4) is 0 Å². The van der Waals surface area contributed by atoms with E-state index in [2.05, 4.69) is 33.9 Å². The molecular formula is C18H28O5Si. The van der Waals surface area contributed by atoms with Gasteiger partial charge >= 0.3 is 5.97 Å². The highest BCUT2D eigenvalue weighted by Gasteiger charge is 2.61. The second kappa shape index (κ2) is 5.78. The minimum atomic E-state index is -2.10.